The summed E-state index contributed by atoms with van der Waals surface area (Å²) in [7, 11) is 0. The first kappa shape index (κ1) is 12.0. The zero-order chi connectivity index (χ0) is 12.3. The van der Waals surface area contributed by atoms with Crippen molar-refractivity contribution >= 4 is 11.8 Å². The Bertz CT molecular complexity index is 534. The Hall–Kier alpha value is -1.49. The predicted octanol–water partition coefficient (Wildman–Crippen LogP) is 2.67. The maximum atomic E-state index is 11.3. The van der Waals surface area contributed by atoms with Gasteiger partial charge in [-0.05, 0) is 26.0 Å². The lowest BCUT2D eigenvalue weighted by molar-refractivity contribution is 0.530. The summed E-state index contributed by atoms with van der Waals surface area (Å²) in [6, 6.07) is 5.30. The second-order valence-corrected chi connectivity index (χ2v) is 5.13. The van der Waals surface area contributed by atoms with Gasteiger partial charge in [0.15, 0.2) is 0 Å². The molecule has 1 N–H and O–H groups in total. The molecule has 2 rings (SSSR count). The molecule has 2 heterocycles. The van der Waals surface area contributed by atoms with Crippen molar-refractivity contribution in [3.8, 4) is 0 Å². The molecule has 0 saturated carbocycles. The molecule has 4 nitrogen and oxygen atoms in total. The molecule has 1 atom stereocenters. The number of hydrogen-bond acceptors (Lipinski definition) is 4. The van der Waals surface area contributed by atoms with Crippen molar-refractivity contribution in [3.05, 3.63) is 52.1 Å². The molecule has 2 aromatic heterocycles. The fraction of sp³-hybridized carbons (Fsp3) is 0.333. The van der Waals surface area contributed by atoms with Gasteiger partial charge in [-0.25, -0.2) is 4.98 Å². The smallest absolute Gasteiger partial charge is 0.251 e. The van der Waals surface area contributed by atoms with Crippen LogP contribution in [0.3, 0.4) is 0 Å². The highest BCUT2D eigenvalue weighted by atomic mass is 32.2. The minimum absolute atomic E-state index is 0.0991. The second-order valence-electron chi connectivity index (χ2n) is 3.80. The Morgan fingerprint density at radius 3 is 3.06 bits per heavy atom. The number of nitrogens with one attached hydrogen (secondary N) is 1. The second kappa shape index (κ2) is 5.23. The van der Waals surface area contributed by atoms with Gasteiger partial charge >= 0.3 is 0 Å². The van der Waals surface area contributed by atoms with Crippen LogP contribution in [0.1, 0.15) is 29.5 Å². The van der Waals surface area contributed by atoms with Gasteiger partial charge in [-0.2, -0.15) is 0 Å². The third kappa shape index (κ3) is 3.23. The average Bonchev–Trinajstić information content (AvgIpc) is 2.77. The van der Waals surface area contributed by atoms with Gasteiger partial charge in [-0.3, -0.25) is 4.79 Å². The van der Waals surface area contributed by atoms with E-state index in [1.807, 2.05) is 26.0 Å². The van der Waals surface area contributed by atoms with Crippen LogP contribution >= 0.6 is 11.8 Å². The van der Waals surface area contributed by atoms with Crippen molar-refractivity contribution in [1.82, 2.24) is 9.97 Å². The van der Waals surface area contributed by atoms with Crippen LogP contribution in [0.2, 0.25) is 0 Å². The average molecular weight is 250 g/mol. The number of rotatable bonds is 4. The molecule has 2 aromatic rings. The predicted molar refractivity (Wildman–Crippen MR) is 68.0 cm³/mol. The van der Waals surface area contributed by atoms with Crippen LogP contribution < -0.4 is 5.56 Å². The molecule has 5 heteroatoms. The van der Waals surface area contributed by atoms with Gasteiger partial charge in [0.1, 0.15) is 11.6 Å². The van der Waals surface area contributed by atoms with Crippen LogP contribution in [0.4, 0.5) is 0 Å². The van der Waals surface area contributed by atoms with E-state index in [9.17, 15) is 4.79 Å². The Morgan fingerprint density at radius 1 is 1.59 bits per heavy atom. The summed E-state index contributed by atoms with van der Waals surface area (Å²) in [5, 5.41) is 0.132. The SMILES string of the molecule is Cc1cc(=O)[nH]c([C@H](C)SCc2ccco2)n1. The molecule has 0 spiro atoms. The molecule has 0 radical (unpaired) electrons. The van der Waals surface area contributed by atoms with Gasteiger partial charge in [0.25, 0.3) is 5.56 Å². The van der Waals surface area contributed by atoms with Gasteiger partial charge in [0, 0.05) is 11.8 Å². The largest absolute Gasteiger partial charge is 0.468 e. The summed E-state index contributed by atoms with van der Waals surface area (Å²) >= 11 is 1.68. The minimum atomic E-state index is -0.0991. The Kier molecular flexibility index (Phi) is 3.68. The van der Waals surface area contributed by atoms with Crippen LogP contribution in [0.15, 0.2) is 33.7 Å². The summed E-state index contributed by atoms with van der Waals surface area (Å²) in [6.45, 7) is 3.84. The molecule has 17 heavy (non-hydrogen) atoms. The summed E-state index contributed by atoms with van der Waals surface area (Å²) in [5.41, 5.74) is 0.646. The van der Waals surface area contributed by atoms with E-state index in [4.69, 9.17) is 4.42 Å². The molecule has 0 amide bonds. The molecule has 90 valence electrons. The number of nitrogens with zero attached hydrogens (tertiary/aromatic N) is 1. The van der Waals surface area contributed by atoms with Crippen molar-refractivity contribution in [2.75, 3.05) is 0 Å². The molecular weight excluding hydrogens is 236 g/mol. The maximum Gasteiger partial charge on any atom is 0.251 e. The van der Waals surface area contributed by atoms with E-state index in [1.165, 1.54) is 6.07 Å². The first-order valence-electron chi connectivity index (χ1n) is 5.37. The van der Waals surface area contributed by atoms with Crippen LogP contribution in [0, 0.1) is 6.92 Å². The number of hydrogen-bond donors (Lipinski definition) is 1. The lowest BCUT2D eigenvalue weighted by Gasteiger charge is -2.09. The van der Waals surface area contributed by atoms with E-state index in [1.54, 1.807) is 18.0 Å². The van der Waals surface area contributed by atoms with Crippen molar-refractivity contribution in [2.24, 2.45) is 0 Å². The van der Waals surface area contributed by atoms with Gasteiger partial charge in [0.05, 0.1) is 17.3 Å². The highest BCUT2D eigenvalue weighted by Crippen LogP contribution is 2.28. The third-order valence-corrected chi connectivity index (χ3v) is 3.50. The third-order valence-electron chi connectivity index (χ3n) is 2.33. The molecular formula is C12H14N2O2S. The van der Waals surface area contributed by atoms with Gasteiger partial charge in [-0.15, -0.1) is 11.8 Å². The topological polar surface area (TPSA) is 58.9 Å². The van der Waals surface area contributed by atoms with E-state index in [-0.39, 0.29) is 10.8 Å². The Morgan fingerprint density at radius 2 is 2.41 bits per heavy atom. The molecule has 0 bridgehead atoms. The highest BCUT2D eigenvalue weighted by molar-refractivity contribution is 7.98. The van der Waals surface area contributed by atoms with Gasteiger partial charge < -0.3 is 9.40 Å². The lowest BCUT2D eigenvalue weighted by Crippen LogP contribution is -2.12. The molecule has 0 aliphatic carbocycles. The quantitative estimate of drug-likeness (QED) is 0.906. The van der Waals surface area contributed by atoms with E-state index in [0.717, 1.165) is 17.2 Å². The van der Waals surface area contributed by atoms with E-state index in [2.05, 4.69) is 9.97 Å². The van der Waals surface area contributed by atoms with Crippen molar-refractivity contribution in [3.63, 3.8) is 0 Å². The fourth-order valence-corrected chi connectivity index (χ4v) is 2.32. The Labute approximate surface area is 103 Å². The number of furan rings is 1. The van der Waals surface area contributed by atoms with Crippen LogP contribution in [0.5, 0.6) is 0 Å². The number of aryl methyl sites for hydroxylation is 1. The van der Waals surface area contributed by atoms with E-state index >= 15 is 0 Å². The minimum Gasteiger partial charge on any atom is -0.468 e. The number of H-pyrrole nitrogens is 1. The molecule has 0 fully saturated rings. The summed E-state index contributed by atoms with van der Waals surface area (Å²) in [5.74, 6) is 2.41. The monoisotopic (exact) mass is 250 g/mol. The van der Waals surface area contributed by atoms with Crippen LogP contribution in [-0.2, 0) is 5.75 Å². The maximum absolute atomic E-state index is 11.3. The summed E-state index contributed by atoms with van der Waals surface area (Å²) in [6.07, 6.45) is 1.66. The normalized spacial score (nSPS) is 12.6. The molecule has 0 saturated heterocycles. The van der Waals surface area contributed by atoms with E-state index < -0.39 is 0 Å². The highest BCUT2D eigenvalue weighted by Gasteiger charge is 2.10. The van der Waals surface area contributed by atoms with Crippen molar-refractivity contribution in [1.29, 1.82) is 0 Å². The first-order chi connectivity index (χ1) is 8.15. The summed E-state index contributed by atoms with van der Waals surface area (Å²) < 4.78 is 5.25. The molecule has 0 aliphatic heterocycles. The van der Waals surface area contributed by atoms with Gasteiger partial charge in [0.2, 0.25) is 0 Å². The number of aromatic nitrogens is 2. The number of aromatic amines is 1. The van der Waals surface area contributed by atoms with E-state index in [0.29, 0.717) is 5.82 Å². The summed E-state index contributed by atoms with van der Waals surface area (Å²) in [4.78, 5) is 18.4. The molecule has 0 aliphatic rings. The van der Waals surface area contributed by atoms with Crippen molar-refractivity contribution < 1.29 is 4.42 Å². The van der Waals surface area contributed by atoms with Crippen LogP contribution in [-0.4, -0.2) is 9.97 Å². The number of thioether (sulfide) groups is 1. The molecule has 0 unspecified atom stereocenters. The first-order valence-corrected chi connectivity index (χ1v) is 6.42. The van der Waals surface area contributed by atoms with Crippen LogP contribution in [0.25, 0.3) is 0 Å². The lowest BCUT2D eigenvalue weighted by atomic mass is 10.4. The molecule has 0 aromatic carbocycles. The fourth-order valence-electron chi connectivity index (χ4n) is 1.48. The zero-order valence-corrected chi connectivity index (χ0v) is 10.6. The van der Waals surface area contributed by atoms with Crippen molar-refractivity contribution in [2.45, 2.75) is 24.9 Å². The standard InChI is InChI=1S/C12H14N2O2S/c1-8-6-11(15)14-12(13-8)9(2)17-7-10-4-3-5-16-10/h3-6,9H,7H2,1-2H3,(H,13,14,15)/t9-/m0/s1. The zero-order valence-electron chi connectivity index (χ0n) is 9.77. The Balaban J connectivity index is 2.04. The van der Waals surface area contributed by atoms with Gasteiger partial charge in [-0.1, -0.05) is 0 Å².